The van der Waals surface area contributed by atoms with Gasteiger partial charge in [-0.1, -0.05) is 12.2 Å². The first-order valence-electron chi connectivity index (χ1n) is 5.75. The molecule has 2 atom stereocenters. The number of aromatic nitrogens is 1. The molecule has 0 saturated heterocycles. The fourth-order valence-electron chi connectivity index (χ4n) is 2.22. The van der Waals surface area contributed by atoms with Crippen LogP contribution in [0.25, 0.3) is 0 Å². The molecule has 4 nitrogen and oxygen atoms in total. The molecule has 1 aliphatic carbocycles. The second-order valence-electron chi connectivity index (χ2n) is 4.28. The van der Waals surface area contributed by atoms with Crippen molar-refractivity contribution in [1.82, 2.24) is 4.98 Å². The van der Waals surface area contributed by atoms with Crippen molar-refractivity contribution in [3.05, 3.63) is 24.0 Å². The highest BCUT2D eigenvalue weighted by molar-refractivity contribution is 7.80. The van der Waals surface area contributed by atoms with Crippen molar-refractivity contribution >= 4 is 22.9 Å². The van der Waals surface area contributed by atoms with Crippen LogP contribution in [0.5, 0.6) is 0 Å². The third kappa shape index (κ3) is 2.92. The zero-order chi connectivity index (χ0) is 12.3. The first kappa shape index (κ1) is 12.3. The molecule has 1 fully saturated rings. The van der Waals surface area contributed by atoms with Crippen LogP contribution in [0.2, 0.25) is 0 Å². The molecular weight excluding hydrogens is 234 g/mol. The summed E-state index contributed by atoms with van der Waals surface area (Å²) in [5, 5.41) is 3.45. The van der Waals surface area contributed by atoms with E-state index in [0.717, 1.165) is 24.9 Å². The van der Waals surface area contributed by atoms with E-state index in [0.29, 0.717) is 22.8 Å². The van der Waals surface area contributed by atoms with Crippen LogP contribution in [-0.4, -0.2) is 29.2 Å². The highest BCUT2D eigenvalue weighted by atomic mass is 32.1. The smallest absolute Gasteiger partial charge is 0.124 e. The summed E-state index contributed by atoms with van der Waals surface area (Å²) < 4.78 is 5.35. The molecule has 3 N–H and O–H groups in total. The Bertz CT molecular complexity index is 410. The van der Waals surface area contributed by atoms with Crippen LogP contribution in [0, 0.1) is 0 Å². The lowest BCUT2D eigenvalue weighted by atomic mass is 10.2. The average molecular weight is 251 g/mol. The third-order valence-corrected chi connectivity index (χ3v) is 3.31. The fourth-order valence-corrected chi connectivity index (χ4v) is 2.39. The van der Waals surface area contributed by atoms with Gasteiger partial charge in [-0.2, -0.15) is 0 Å². The number of pyridine rings is 1. The number of hydrogen-bond acceptors (Lipinski definition) is 4. The van der Waals surface area contributed by atoms with E-state index in [1.807, 2.05) is 12.1 Å². The van der Waals surface area contributed by atoms with Gasteiger partial charge in [0.2, 0.25) is 0 Å². The van der Waals surface area contributed by atoms with Crippen LogP contribution < -0.4 is 11.1 Å². The van der Waals surface area contributed by atoms with Crippen molar-refractivity contribution in [1.29, 1.82) is 0 Å². The van der Waals surface area contributed by atoms with Crippen LogP contribution in [-0.2, 0) is 4.74 Å². The van der Waals surface area contributed by atoms with Crippen LogP contribution in [0.3, 0.4) is 0 Å². The highest BCUT2D eigenvalue weighted by Crippen LogP contribution is 2.25. The summed E-state index contributed by atoms with van der Waals surface area (Å²) in [5.74, 6) is 0. The molecule has 92 valence electrons. The summed E-state index contributed by atoms with van der Waals surface area (Å²) in [6.07, 6.45) is 5.27. The number of methoxy groups -OCH3 is 1. The quantitative estimate of drug-likeness (QED) is 0.798. The van der Waals surface area contributed by atoms with Gasteiger partial charge in [0.05, 0.1) is 11.8 Å². The molecule has 2 unspecified atom stereocenters. The maximum Gasteiger partial charge on any atom is 0.124 e. The number of thiocarbonyl (C=S) groups is 1. The van der Waals surface area contributed by atoms with Crippen LogP contribution in [0.1, 0.15) is 25.0 Å². The van der Waals surface area contributed by atoms with E-state index in [4.69, 9.17) is 22.7 Å². The Labute approximate surface area is 107 Å². The number of nitrogens with one attached hydrogen (secondary N) is 1. The molecule has 0 aromatic carbocycles. The first-order valence-corrected chi connectivity index (χ1v) is 6.15. The Morgan fingerprint density at radius 2 is 2.41 bits per heavy atom. The summed E-state index contributed by atoms with van der Waals surface area (Å²) in [6, 6.07) is 4.26. The van der Waals surface area contributed by atoms with E-state index in [9.17, 15) is 0 Å². The van der Waals surface area contributed by atoms with Crippen molar-refractivity contribution in [3.63, 3.8) is 0 Å². The van der Waals surface area contributed by atoms with Crippen LogP contribution >= 0.6 is 12.2 Å². The normalized spacial score (nSPS) is 23.6. The number of ether oxygens (including phenoxy) is 1. The highest BCUT2D eigenvalue weighted by Gasteiger charge is 2.24. The van der Waals surface area contributed by atoms with Gasteiger partial charge in [0.1, 0.15) is 10.7 Å². The van der Waals surface area contributed by atoms with E-state index >= 15 is 0 Å². The summed E-state index contributed by atoms with van der Waals surface area (Å²) >= 11 is 4.99. The minimum absolute atomic E-state index is 0.328. The lowest BCUT2D eigenvalue weighted by molar-refractivity contribution is 0.108. The summed E-state index contributed by atoms with van der Waals surface area (Å²) in [4.78, 5) is 4.53. The molecular formula is C12H17N3OS. The average Bonchev–Trinajstić information content (AvgIpc) is 2.77. The van der Waals surface area contributed by atoms with Gasteiger partial charge >= 0.3 is 0 Å². The Morgan fingerprint density at radius 1 is 1.59 bits per heavy atom. The zero-order valence-corrected chi connectivity index (χ0v) is 10.7. The minimum atomic E-state index is 0.328. The molecule has 0 amide bonds. The van der Waals surface area contributed by atoms with Gasteiger partial charge < -0.3 is 15.8 Å². The van der Waals surface area contributed by atoms with Gasteiger partial charge in [0.25, 0.3) is 0 Å². The van der Waals surface area contributed by atoms with Crippen LogP contribution in [0.4, 0.5) is 5.69 Å². The van der Waals surface area contributed by atoms with E-state index in [1.54, 1.807) is 13.3 Å². The number of nitrogens with two attached hydrogens (primary N) is 1. The molecule has 2 rings (SSSR count). The molecule has 1 aromatic heterocycles. The van der Waals surface area contributed by atoms with Crippen LogP contribution in [0.15, 0.2) is 18.3 Å². The van der Waals surface area contributed by atoms with Gasteiger partial charge in [-0.15, -0.1) is 0 Å². The molecule has 17 heavy (non-hydrogen) atoms. The molecule has 0 bridgehead atoms. The predicted octanol–water partition coefficient (Wildman–Crippen LogP) is 1.70. The number of rotatable bonds is 4. The lowest BCUT2D eigenvalue weighted by Gasteiger charge is -2.16. The van der Waals surface area contributed by atoms with Gasteiger partial charge in [0.15, 0.2) is 0 Å². The lowest BCUT2D eigenvalue weighted by Crippen LogP contribution is -2.21. The second-order valence-corrected chi connectivity index (χ2v) is 4.72. The Balaban J connectivity index is 2.06. The first-order chi connectivity index (χ1) is 8.20. The maximum atomic E-state index is 5.65. The topological polar surface area (TPSA) is 60.2 Å². The number of anilines is 1. The van der Waals surface area contributed by atoms with Gasteiger partial charge in [0, 0.05) is 19.3 Å². The molecule has 0 spiro atoms. The summed E-state index contributed by atoms with van der Waals surface area (Å²) in [5.41, 5.74) is 7.23. The minimum Gasteiger partial charge on any atom is -0.388 e. The molecule has 0 aliphatic heterocycles. The molecule has 1 saturated carbocycles. The molecule has 1 aromatic rings. The van der Waals surface area contributed by atoms with Gasteiger partial charge in [-0.3, -0.25) is 4.98 Å². The van der Waals surface area contributed by atoms with E-state index in [-0.39, 0.29) is 0 Å². The van der Waals surface area contributed by atoms with E-state index in [1.165, 1.54) is 0 Å². The molecule has 1 heterocycles. The van der Waals surface area contributed by atoms with Gasteiger partial charge in [-0.05, 0) is 31.4 Å². The predicted molar refractivity (Wildman–Crippen MR) is 72.2 cm³/mol. The molecule has 5 heteroatoms. The number of hydrogen-bond donors (Lipinski definition) is 2. The molecule has 0 radical (unpaired) electrons. The fraction of sp³-hybridized carbons (Fsp3) is 0.500. The monoisotopic (exact) mass is 251 g/mol. The van der Waals surface area contributed by atoms with Crippen molar-refractivity contribution in [2.75, 3.05) is 12.4 Å². The van der Waals surface area contributed by atoms with E-state index in [2.05, 4.69) is 10.3 Å². The summed E-state index contributed by atoms with van der Waals surface area (Å²) in [6.45, 7) is 0. The van der Waals surface area contributed by atoms with Crippen molar-refractivity contribution in [2.24, 2.45) is 5.73 Å². The summed E-state index contributed by atoms with van der Waals surface area (Å²) in [7, 11) is 1.76. The molecule has 1 aliphatic rings. The second kappa shape index (κ2) is 5.42. The van der Waals surface area contributed by atoms with Crippen molar-refractivity contribution in [3.8, 4) is 0 Å². The van der Waals surface area contributed by atoms with Crippen molar-refractivity contribution in [2.45, 2.75) is 31.4 Å². The Morgan fingerprint density at radius 3 is 3.06 bits per heavy atom. The standard InChI is InChI=1S/C12H17N3OS/c1-16-9-5-4-8(7-9)15-10-3-2-6-14-11(10)12(13)17/h2-3,6,8-9,15H,4-5,7H2,1H3,(H2,13,17). The maximum absolute atomic E-state index is 5.65. The number of nitrogens with zero attached hydrogens (tertiary/aromatic N) is 1. The third-order valence-electron chi connectivity index (χ3n) is 3.12. The largest absolute Gasteiger partial charge is 0.388 e. The SMILES string of the molecule is COC1CCC(Nc2cccnc2C(N)=S)C1. The van der Waals surface area contributed by atoms with Crippen molar-refractivity contribution < 1.29 is 4.74 Å². The Hall–Kier alpha value is -1.20. The Kier molecular flexibility index (Phi) is 3.91. The van der Waals surface area contributed by atoms with Gasteiger partial charge in [-0.25, -0.2) is 0 Å². The zero-order valence-electron chi connectivity index (χ0n) is 9.85. The van der Waals surface area contributed by atoms with E-state index < -0.39 is 0 Å².